The maximum absolute atomic E-state index is 9.48. The third-order valence-electron chi connectivity index (χ3n) is 2.24. The Hall–Kier alpha value is -0.0800. The van der Waals surface area contributed by atoms with E-state index in [2.05, 4.69) is 20.8 Å². The summed E-state index contributed by atoms with van der Waals surface area (Å²) >= 11 is 0. The summed E-state index contributed by atoms with van der Waals surface area (Å²) in [5.41, 5.74) is 0. The predicted molar refractivity (Wildman–Crippen MR) is 55.7 cm³/mol. The molecule has 80 valence electrons. The molecule has 0 saturated carbocycles. The molecule has 2 heteroatoms. The van der Waals surface area contributed by atoms with Crippen LogP contribution in [-0.4, -0.2) is 24.4 Å². The molecule has 0 radical (unpaired) electrons. The smallest absolute Gasteiger partial charge is 0.0564 e. The Morgan fingerprint density at radius 2 is 1.85 bits per heavy atom. The van der Waals surface area contributed by atoms with Crippen molar-refractivity contribution >= 4 is 0 Å². The number of hydrogen-bond acceptors (Lipinski definition) is 2. The van der Waals surface area contributed by atoms with Crippen molar-refractivity contribution in [2.24, 2.45) is 11.8 Å². The Morgan fingerprint density at radius 3 is 2.31 bits per heavy atom. The minimum absolute atomic E-state index is 0.164. The van der Waals surface area contributed by atoms with Crippen molar-refractivity contribution in [3.63, 3.8) is 0 Å². The van der Waals surface area contributed by atoms with Crippen molar-refractivity contribution in [1.29, 1.82) is 0 Å². The van der Waals surface area contributed by atoms with Gasteiger partial charge in [-0.05, 0) is 24.7 Å². The molecular formula is C11H24O2. The molecule has 0 spiro atoms. The van der Waals surface area contributed by atoms with Crippen molar-refractivity contribution < 1.29 is 9.84 Å². The van der Waals surface area contributed by atoms with Gasteiger partial charge in [0.05, 0.1) is 6.10 Å². The van der Waals surface area contributed by atoms with Crippen LogP contribution in [0.4, 0.5) is 0 Å². The van der Waals surface area contributed by atoms with Crippen LogP contribution in [0.25, 0.3) is 0 Å². The summed E-state index contributed by atoms with van der Waals surface area (Å²) in [6.07, 6.45) is 1.63. The van der Waals surface area contributed by atoms with Gasteiger partial charge in [-0.3, -0.25) is 0 Å². The highest BCUT2D eigenvalue weighted by atomic mass is 16.5. The van der Waals surface area contributed by atoms with Crippen LogP contribution in [-0.2, 0) is 4.74 Å². The van der Waals surface area contributed by atoms with Gasteiger partial charge in [-0.1, -0.05) is 27.7 Å². The lowest BCUT2D eigenvalue weighted by atomic mass is 10.00. The fourth-order valence-electron chi connectivity index (χ4n) is 1.18. The Morgan fingerprint density at radius 1 is 1.23 bits per heavy atom. The number of aliphatic hydroxyl groups is 1. The van der Waals surface area contributed by atoms with Gasteiger partial charge in [-0.2, -0.15) is 0 Å². The van der Waals surface area contributed by atoms with E-state index in [0.29, 0.717) is 11.8 Å². The Balaban J connectivity index is 3.31. The van der Waals surface area contributed by atoms with Gasteiger partial charge in [-0.15, -0.1) is 0 Å². The number of hydrogen-bond donors (Lipinski definition) is 1. The molecule has 2 atom stereocenters. The highest BCUT2D eigenvalue weighted by Crippen LogP contribution is 2.11. The van der Waals surface area contributed by atoms with Crippen LogP contribution in [0.15, 0.2) is 0 Å². The first-order chi connectivity index (χ1) is 6.07. The molecule has 0 amide bonds. The van der Waals surface area contributed by atoms with Crippen LogP contribution in [0.5, 0.6) is 0 Å². The zero-order valence-electron chi connectivity index (χ0n) is 9.42. The topological polar surface area (TPSA) is 29.5 Å². The van der Waals surface area contributed by atoms with E-state index < -0.39 is 0 Å². The zero-order chi connectivity index (χ0) is 10.3. The highest BCUT2D eigenvalue weighted by Gasteiger charge is 2.11. The third-order valence-corrected chi connectivity index (χ3v) is 2.24. The second-order valence-corrected chi connectivity index (χ2v) is 4.21. The van der Waals surface area contributed by atoms with E-state index in [4.69, 9.17) is 4.74 Å². The van der Waals surface area contributed by atoms with E-state index in [1.54, 1.807) is 0 Å². The predicted octanol–water partition coefficient (Wildman–Crippen LogP) is 2.46. The lowest BCUT2D eigenvalue weighted by Gasteiger charge is -2.17. The summed E-state index contributed by atoms with van der Waals surface area (Å²) in [6.45, 7) is 9.98. The summed E-state index contributed by atoms with van der Waals surface area (Å²) in [5.74, 6) is 0.962. The second-order valence-electron chi connectivity index (χ2n) is 4.21. The Bertz CT molecular complexity index is 113. The Labute approximate surface area is 82.3 Å². The molecule has 0 fully saturated rings. The van der Waals surface area contributed by atoms with E-state index in [1.807, 2.05) is 6.92 Å². The van der Waals surface area contributed by atoms with E-state index in [1.165, 1.54) is 0 Å². The maximum atomic E-state index is 9.48. The fraction of sp³-hybridized carbons (Fsp3) is 1.00. The largest absolute Gasteiger partial charge is 0.393 e. The molecule has 0 saturated heterocycles. The number of aliphatic hydroxyl groups excluding tert-OH is 1. The molecule has 0 aliphatic rings. The van der Waals surface area contributed by atoms with Crippen molar-refractivity contribution in [1.82, 2.24) is 0 Å². The summed E-state index contributed by atoms with van der Waals surface area (Å²) in [5, 5.41) is 9.48. The van der Waals surface area contributed by atoms with Gasteiger partial charge in [-0.25, -0.2) is 0 Å². The standard InChI is InChI=1S/C11H24O2/c1-5-11(12)10(4)6-7-13-8-9(2)3/h9-12H,5-8H2,1-4H3. The SMILES string of the molecule is CCC(O)C(C)CCOCC(C)C. The Kier molecular flexibility index (Phi) is 7.29. The van der Waals surface area contributed by atoms with E-state index in [9.17, 15) is 5.11 Å². The van der Waals surface area contributed by atoms with Gasteiger partial charge in [0.2, 0.25) is 0 Å². The van der Waals surface area contributed by atoms with Crippen molar-refractivity contribution in [2.75, 3.05) is 13.2 Å². The number of rotatable bonds is 7. The van der Waals surface area contributed by atoms with E-state index in [0.717, 1.165) is 26.1 Å². The third kappa shape index (κ3) is 7.03. The second kappa shape index (κ2) is 7.34. The molecule has 0 aromatic rings. The molecule has 1 N–H and O–H groups in total. The monoisotopic (exact) mass is 188 g/mol. The molecule has 0 aliphatic heterocycles. The van der Waals surface area contributed by atoms with Crippen LogP contribution in [0.2, 0.25) is 0 Å². The van der Waals surface area contributed by atoms with Crippen molar-refractivity contribution in [3.05, 3.63) is 0 Å². The quantitative estimate of drug-likeness (QED) is 0.622. The average Bonchev–Trinajstić information content (AvgIpc) is 2.10. The molecule has 13 heavy (non-hydrogen) atoms. The van der Waals surface area contributed by atoms with E-state index >= 15 is 0 Å². The minimum Gasteiger partial charge on any atom is -0.393 e. The van der Waals surface area contributed by atoms with E-state index in [-0.39, 0.29) is 6.10 Å². The van der Waals surface area contributed by atoms with Gasteiger partial charge in [0, 0.05) is 13.2 Å². The van der Waals surface area contributed by atoms with Gasteiger partial charge in [0.1, 0.15) is 0 Å². The molecule has 2 unspecified atom stereocenters. The van der Waals surface area contributed by atoms with Gasteiger partial charge >= 0.3 is 0 Å². The molecule has 2 nitrogen and oxygen atoms in total. The van der Waals surface area contributed by atoms with Gasteiger partial charge < -0.3 is 9.84 Å². The first-order valence-electron chi connectivity index (χ1n) is 5.33. The number of ether oxygens (including phenoxy) is 1. The molecule has 0 rings (SSSR count). The van der Waals surface area contributed by atoms with Crippen molar-refractivity contribution in [3.8, 4) is 0 Å². The molecule has 0 heterocycles. The maximum Gasteiger partial charge on any atom is 0.0564 e. The van der Waals surface area contributed by atoms with Gasteiger partial charge in [0.25, 0.3) is 0 Å². The highest BCUT2D eigenvalue weighted by molar-refractivity contribution is 4.61. The summed E-state index contributed by atoms with van der Waals surface area (Å²) in [6, 6.07) is 0. The van der Waals surface area contributed by atoms with Crippen LogP contribution >= 0.6 is 0 Å². The van der Waals surface area contributed by atoms with Gasteiger partial charge in [0.15, 0.2) is 0 Å². The normalized spacial score (nSPS) is 16.2. The average molecular weight is 188 g/mol. The first-order valence-corrected chi connectivity index (χ1v) is 5.33. The first kappa shape index (κ1) is 12.9. The molecule has 0 aromatic heterocycles. The van der Waals surface area contributed by atoms with Crippen LogP contribution in [0.3, 0.4) is 0 Å². The van der Waals surface area contributed by atoms with Crippen LogP contribution < -0.4 is 0 Å². The lowest BCUT2D eigenvalue weighted by Crippen LogP contribution is -2.18. The molecule has 0 aliphatic carbocycles. The molecule has 0 aromatic carbocycles. The van der Waals surface area contributed by atoms with Crippen LogP contribution in [0.1, 0.15) is 40.5 Å². The summed E-state index contributed by atoms with van der Waals surface area (Å²) in [4.78, 5) is 0. The molecular weight excluding hydrogens is 164 g/mol. The zero-order valence-corrected chi connectivity index (χ0v) is 9.42. The summed E-state index contributed by atoms with van der Waals surface area (Å²) in [7, 11) is 0. The minimum atomic E-state index is -0.164. The fourth-order valence-corrected chi connectivity index (χ4v) is 1.18. The van der Waals surface area contributed by atoms with Crippen molar-refractivity contribution in [2.45, 2.75) is 46.6 Å². The molecule has 0 bridgehead atoms. The lowest BCUT2D eigenvalue weighted by molar-refractivity contribution is 0.0614. The van der Waals surface area contributed by atoms with Crippen LogP contribution in [0, 0.1) is 11.8 Å². The summed E-state index contributed by atoms with van der Waals surface area (Å²) < 4.78 is 5.45.